The summed E-state index contributed by atoms with van der Waals surface area (Å²) in [6.07, 6.45) is 3.74. The molecule has 0 bridgehead atoms. The number of carbonyl (C=O) groups is 1. The Balaban J connectivity index is 1.69. The van der Waals surface area contributed by atoms with E-state index in [1.807, 2.05) is 6.92 Å². The topological polar surface area (TPSA) is 113 Å². The van der Waals surface area contributed by atoms with Gasteiger partial charge in [-0.3, -0.25) is 9.10 Å². The first kappa shape index (κ1) is 25.0. The highest BCUT2D eigenvalue weighted by Crippen LogP contribution is 2.23. The number of nitrogens with zero attached hydrogens (tertiary/aromatic N) is 2. The van der Waals surface area contributed by atoms with Crippen molar-refractivity contribution in [3.8, 4) is 5.75 Å². The van der Waals surface area contributed by atoms with Crippen LogP contribution in [0.15, 0.2) is 53.4 Å². The van der Waals surface area contributed by atoms with Crippen LogP contribution in [0.5, 0.6) is 5.75 Å². The number of carbonyl (C=O) groups excluding carboxylic acids is 1. The third-order valence-corrected chi connectivity index (χ3v) is 8.27. The van der Waals surface area contributed by atoms with Gasteiger partial charge in [-0.05, 0) is 68.3 Å². The van der Waals surface area contributed by atoms with Crippen molar-refractivity contribution < 1.29 is 26.4 Å². The molecule has 2 aromatic carbocycles. The maximum Gasteiger partial charge on any atom is 0.245 e. The highest BCUT2D eigenvalue weighted by molar-refractivity contribution is 7.92. The molecule has 0 atom stereocenters. The van der Waals surface area contributed by atoms with Gasteiger partial charge < -0.3 is 10.1 Å². The Labute approximate surface area is 195 Å². The number of sulfonamides is 2. The standard InChI is InChI=1S/C22H29N3O6S2/c1-3-31-20-11-9-19(10-12-20)25(32(2,27)28)17-22(26)23-18-7-13-21(14-8-18)33(29,30)24-15-5-4-6-16-24/h7-14H,3-6,15-17H2,1-2H3,(H,23,26). The lowest BCUT2D eigenvalue weighted by Gasteiger charge is -2.26. The first-order chi connectivity index (χ1) is 15.6. The van der Waals surface area contributed by atoms with E-state index in [1.165, 1.54) is 28.6 Å². The molecule has 0 radical (unpaired) electrons. The zero-order chi connectivity index (χ0) is 24.1. The molecule has 3 rings (SSSR count). The molecule has 0 spiro atoms. The van der Waals surface area contributed by atoms with Gasteiger partial charge in [0.05, 0.1) is 23.4 Å². The number of ether oxygens (including phenoxy) is 1. The molecular weight excluding hydrogens is 466 g/mol. The lowest BCUT2D eigenvalue weighted by Crippen LogP contribution is -2.37. The zero-order valence-corrected chi connectivity index (χ0v) is 20.4. The fourth-order valence-corrected chi connectivity index (χ4v) is 5.94. The molecule has 1 aliphatic rings. The molecule has 1 fully saturated rings. The van der Waals surface area contributed by atoms with Crippen LogP contribution in [0, 0.1) is 0 Å². The van der Waals surface area contributed by atoms with E-state index in [1.54, 1.807) is 24.3 Å². The van der Waals surface area contributed by atoms with Gasteiger partial charge in [0, 0.05) is 18.8 Å². The highest BCUT2D eigenvalue weighted by Gasteiger charge is 2.26. The van der Waals surface area contributed by atoms with Crippen LogP contribution in [0.3, 0.4) is 0 Å². The van der Waals surface area contributed by atoms with Gasteiger partial charge in [-0.15, -0.1) is 0 Å². The Morgan fingerprint density at radius 3 is 2.12 bits per heavy atom. The number of nitrogens with one attached hydrogen (secondary N) is 1. The molecule has 1 amide bonds. The van der Waals surface area contributed by atoms with Gasteiger partial charge in [0.15, 0.2) is 0 Å². The lowest BCUT2D eigenvalue weighted by atomic mass is 10.2. The smallest absolute Gasteiger partial charge is 0.245 e. The van der Waals surface area contributed by atoms with Gasteiger partial charge in [0.25, 0.3) is 0 Å². The average molecular weight is 496 g/mol. The van der Waals surface area contributed by atoms with Gasteiger partial charge in [-0.25, -0.2) is 16.8 Å². The van der Waals surface area contributed by atoms with Gasteiger partial charge in [-0.1, -0.05) is 6.42 Å². The number of piperidine rings is 1. The van der Waals surface area contributed by atoms with Crippen LogP contribution in [0.25, 0.3) is 0 Å². The molecule has 1 aliphatic heterocycles. The molecule has 1 N–H and O–H groups in total. The molecule has 0 aliphatic carbocycles. The molecule has 0 saturated carbocycles. The van der Waals surface area contributed by atoms with Crippen LogP contribution >= 0.6 is 0 Å². The second-order valence-corrected chi connectivity index (χ2v) is 11.6. The fraction of sp³-hybridized carbons (Fsp3) is 0.409. The summed E-state index contributed by atoms with van der Waals surface area (Å²) in [7, 11) is -7.29. The fourth-order valence-electron chi connectivity index (χ4n) is 3.57. The van der Waals surface area contributed by atoms with E-state index in [0.717, 1.165) is 29.8 Å². The van der Waals surface area contributed by atoms with Crippen LogP contribution in [0.4, 0.5) is 11.4 Å². The molecule has 1 saturated heterocycles. The molecule has 0 unspecified atom stereocenters. The van der Waals surface area contributed by atoms with Crippen LogP contribution in [0.1, 0.15) is 26.2 Å². The Bertz CT molecular complexity index is 1160. The third kappa shape index (κ3) is 6.46. The monoisotopic (exact) mass is 495 g/mol. The molecule has 0 aromatic heterocycles. The molecule has 2 aromatic rings. The minimum absolute atomic E-state index is 0.162. The van der Waals surface area contributed by atoms with E-state index >= 15 is 0 Å². The van der Waals surface area contributed by atoms with E-state index < -0.39 is 32.5 Å². The first-order valence-electron chi connectivity index (χ1n) is 10.7. The SMILES string of the molecule is CCOc1ccc(N(CC(=O)Nc2ccc(S(=O)(=O)N3CCCCC3)cc2)S(C)(=O)=O)cc1. The van der Waals surface area contributed by atoms with Crippen LogP contribution < -0.4 is 14.4 Å². The van der Waals surface area contributed by atoms with E-state index in [0.29, 0.717) is 36.8 Å². The van der Waals surface area contributed by atoms with Crippen molar-refractivity contribution in [2.45, 2.75) is 31.1 Å². The van der Waals surface area contributed by atoms with E-state index in [-0.39, 0.29) is 4.90 Å². The number of rotatable bonds is 9. The molecule has 180 valence electrons. The van der Waals surface area contributed by atoms with Crippen molar-refractivity contribution in [3.63, 3.8) is 0 Å². The number of benzene rings is 2. The Hall–Kier alpha value is -2.63. The van der Waals surface area contributed by atoms with Gasteiger partial charge in [-0.2, -0.15) is 4.31 Å². The minimum atomic E-state index is -3.72. The number of anilines is 2. The van der Waals surface area contributed by atoms with Crippen LogP contribution in [-0.2, 0) is 24.8 Å². The first-order valence-corrected chi connectivity index (χ1v) is 14.0. The van der Waals surface area contributed by atoms with Crippen molar-refractivity contribution in [2.24, 2.45) is 0 Å². The summed E-state index contributed by atoms with van der Waals surface area (Å²) in [5.41, 5.74) is 0.705. The quantitative estimate of drug-likeness (QED) is 0.572. The molecule has 9 nitrogen and oxygen atoms in total. The Kier molecular flexibility index (Phi) is 7.98. The van der Waals surface area contributed by atoms with Crippen molar-refractivity contribution in [3.05, 3.63) is 48.5 Å². The second-order valence-electron chi connectivity index (χ2n) is 7.73. The maximum absolute atomic E-state index is 12.8. The van der Waals surface area contributed by atoms with Crippen molar-refractivity contribution in [1.29, 1.82) is 0 Å². The number of amides is 1. The van der Waals surface area contributed by atoms with Crippen molar-refractivity contribution in [2.75, 3.05) is 42.1 Å². The molecular formula is C22H29N3O6S2. The maximum atomic E-state index is 12.8. The molecule has 11 heteroatoms. The summed E-state index contributed by atoms with van der Waals surface area (Å²) in [6.45, 7) is 2.91. The predicted octanol–water partition coefficient (Wildman–Crippen LogP) is 2.66. The van der Waals surface area contributed by atoms with E-state index in [4.69, 9.17) is 4.74 Å². The third-order valence-electron chi connectivity index (χ3n) is 5.21. The van der Waals surface area contributed by atoms with E-state index in [2.05, 4.69) is 5.32 Å². The van der Waals surface area contributed by atoms with Crippen LogP contribution in [0.2, 0.25) is 0 Å². The summed E-state index contributed by atoms with van der Waals surface area (Å²) in [6, 6.07) is 12.3. The predicted molar refractivity (Wildman–Crippen MR) is 127 cm³/mol. The highest BCUT2D eigenvalue weighted by atomic mass is 32.2. The second kappa shape index (κ2) is 10.5. The van der Waals surface area contributed by atoms with Gasteiger partial charge in [0.2, 0.25) is 26.0 Å². The Morgan fingerprint density at radius 2 is 1.58 bits per heavy atom. The number of hydrogen-bond donors (Lipinski definition) is 1. The van der Waals surface area contributed by atoms with Crippen LogP contribution in [-0.4, -0.2) is 59.5 Å². The average Bonchev–Trinajstić information content (AvgIpc) is 2.79. The number of hydrogen-bond acceptors (Lipinski definition) is 6. The summed E-state index contributed by atoms with van der Waals surface area (Å²) >= 11 is 0. The van der Waals surface area contributed by atoms with Gasteiger partial charge >= 0.3 is 0 Å². The van der Waals surface area contributed by atoms with E-state index in [9.17, 15) is 21.6 Å². The summed E-state index contributed by atoms with van der Waals surface area (Å²) in [4.78, 5) is 12.7. The van der Waals surface area contributed by atoms with Crippen molar-refractivity contribution in [1.82, 2.24) is 4.31 Å². The molecule has 33 heavy (non-hydrogen) atoms. The zero-order valence-electron chi connectivity index (χ0n) is 18.7. The van der Waals surface area contributed by atoms with Crippen molar-refractivity contribution >= 4 is 37.3 Å². The summed E-state index contributed by atoms with van der Waals surface area (Å²) in [5.74, 6) is 0.0414. The minimum Gasteiger partial charge on any atom is -0.494 e. The lowest BCUT2D eigenvalue weighted by molar-refractivity contribution is -0.114. The Morgan fingerprint density at radius 1 is 0.970 bits per heavy atom. The largest absolute Gasteiger partial charge is 0.494 e. The van der Waals surface area contributed by atoms with Gasteiger partial charge in [0.1, 0.15) is 12.3 Å². The normalized spacial score (nSPS) is 15.1. The molecule has 1 heterocycles. The summed E-state index contributed by atoms with van der Waals surface area (Å²) in [5, 5.41) is 2.63. The summed E-state index contributed by atoms with van der Waals surface area (Å²) < 4.78 is 57.9.